The van der Waals surface area contributed by atoms with Gasteiger partial charge < -0.3 is 10.6 Å². The number of carbonyl (C=O) groups excluding carboxylic acids is 2. The quantitative estimate of drug-likeness (QED) is 0.815. The van der Waals surface area contributed by atoms with Gasteiger partial charge in [0.1, 0.15) is 6.33 Å². The molecule has 1 saturated carbocycles. The van der Waals surface area contributed by atoms with Gasteiger partial charge in [-0.1, -0.05) is 12.8 Å². The van der Waals surface area contributed by atoms with E-state index in [-0.39, 0.29) is 11.7 Å². The molecule has 1 amide bonds. The van der Waals surface area contributed by atoms with Crippen molar-refractivity contribution in [3.05, 3.63) is 42.4 Å². The Hall–Kier alpha value is -2.60. The van der Waals surface area contributed by atoms with E-state index in [0.717, 1.165) is 23.1 Å². The van der Waals surface area contributed by atoms with Gasteiger partial charge in [0.05, 0.1) is 11.2 Å². The van der Waals surface area contributed by atoms with Crippen LogP contribution in [0.15, 0.2) is 36.7 Å². The Labute approximate surface area is 158 Å². The van der Waals surface area contributed by atoms with Gasteiger partial charge >= 0.3 is 0 Å². The van der Waals surface area contributed by atoms with Crippen LogP contribution in [0, 0.1) is 5.92 Å². The van der Waals surface area contributed by atoms with Gasteiger partial charge in [-0.3, -0.25) is 9.59 Å². The molecular weight excluding hydrogens is 340 g/mol. The summed E-state index contributed by atoms with van der Waals surface area (Å²) in [6, 6.07) is 6.27. The first-order chi connectivity index (χ1) is 13.1. The van der Waals surface area contributed by atoms with Crippen LogP contribution in [0.4, 0.5) is 5.69 Å². The summed E-state index contributed by atoms with van der Waals surface area (Å²) < 4.78 is 0. The molecule has 3 atom stereocenters. The molecule has 1 aromatic heterocycles. The molecule has 1 saturated heterocycles. The predicted octanol–water partition coefficient (Wildman–Crippen LogP) is 2.96. The average molecular weight is 364 g/mol. The van der Waals surface area contributed by atoms with Crippen molar-refractivity contribution in [2.75, 3.05) is 11.9 Å². The molecule has 2 fully saturated rings. The molecule has 6 heteroatoms. The Kier molecular flexibility index (Phi) is 4.99. The summed E-state index contributed by atoms with van der Waals surface area (Å²) in [4.78, 5) is 32.0. The topological polar surface area (TPSA) is 84.0 Å². The minimum atomic E-state index is -0.321. The minimum absolute atomic E-state index is 0.157. The number of amides is 1. The van der Waals surface area contributed by atoms with Crippen molar-refractivity contribution in [1.82, 2.24) is 15.3 Å². The Morgan fingerprint density at radius 2 is 2.04 bits per heavy atom. The molecule has 6 nitrogen and oxygen atoms in total. The molecule has 1 aliphatic carbocycles. The molecule has 0 bridgehead atoms. The van der Waals surface area contributed by atoms with Gasteiger partial charge in [0, 0.05) is 35.7 Å². The van der Waals surface area contributed by atoms with E-state index in [0.29, 0.717) is 23.6 Å². The molecule has 0 radical (unpaired) electrons. The van der Waals surface area contributed by atoms with Crippen molar-refractivity contribution >= 4 is 28.3 Å². The van der Waals surface area contributed by atoms with E-state index >= 15 is 0 Å². The van der Waals surface area contributed by atoms with E-state index in [2.05, 4.69) is 20.6 Å². The first-order valence-corrected chi connectivity index (χ1v) is 9.59. The van der Waals surface area contributed by atoms with E-state index in [9.17, 15) is 9.59 Å². The van der Waals surface area contributed by atoms with Crippen LogP contribution in [0.2, 0.25) is 0 Å². The van der Waals surface area contributed by atoms with E-state index in [1.807, 2.05) is 18.2 Å². The van der Waals surface area contributed by atoms with Crippen LogP contribution in [0.25, 0.3) is 10.9 Å². The fraction of sp³-hybridized carbons (Fsp3) is 0.429. The normalized spacial score (nSPS) is 24.9. The van der Waals surface area contributed by atoms with Crippen molar-refractivity contribution in [2.45, 2.75) is 44.6 Å². The maximum Gasteiger partial charge on any atom is 0.248 e. The van der Waals surface area contributed by atoms with E-state index < -0.39 is 0 Å². The largest absolute Gasteiger partial charge is 0.322 e. The van der Waals surface area contributed by atoms with Crippen molar-refractivity contribution in [2.24, 2.45) is 5.92 Å². The van der Waals surface area contributed by atoms with Gasteiger partial charge in [0.25, 0.3) is 0 Å². The highest BCUT2D eigenvalue weighted by Crippen LogP contribution is 2.41. The SMILES string of the molecule is CC(=O)C=CC(=O)Nc1ccc2ncnc(C3CNC4CCCCC43)c2c1. The monoisotopic (exact) mass is 364 g/mol. The van der Waals surface area contributed by atoms with Crippen molar-refractivity contribution < 1.29 is 9.59 Å². The Morgan fingerprint density at radius 3 is 2.89 bits per heavy atom. The number of fused-ring (bicyclic) bond motifs is 2. The zero-order chi connectivity index (χ0) is 18.8. The number of benzene rings is 1. The minimum Gasteiger partial charge on any atom is -0.322 e. The smallest absolute Gasteiger partial charge is 0.248 e. The van der Waals surface area contributed by atoms with Crippen LogP contribution in [0.3, 0.4) is 0 Å². The fourth-order valence-corrected chi connectivity index (χ4v) is 4.45. The Bertz CT molecular complexity index is 908. The van der Waals surface area contributed by atoms with Crippen LogP contribution in [-0.2, 0) is 9.59 Å². The van der Waals surface area contributed by atoms with Crippen molar-refractivity contribution in [3.63, 3.8) is 0 Å². The molecule has 140 valence electrons. The second-order valence-corrected chi connectivity index (χ2v) is 7.49. The summed E-state index contributed by atoms with van der Waals surface area (Å²) >= 11 is 0. The highest BCUT2D eigenvalue weighted by molar-refractivity contribution is 6.04. The molecule has 2 aromatic rings. The summed E-state index contributed by atoms with van der Waals surface area (Å²) in [6.07, 6.45) is 9.22. The first-order valence-electron chi connectivity index (χ1n) is 9.59. The number of carbonyl (C=O) groups is 2. The number of anilines is 1. The van der Waals surface area contributed by atoms with Gasteiger partial charge in [0.15, 0.2) is 5.78 Å². The summed E-state index contributed by atoms with van der Waals surface area (Å²) in [5, 5.41) is 7.48. The van der Waals surface area contributed by atoms with Crippen LogP contribution in [0.1, 0.15) is 44.2 Å². The first kappa shape index (κ1) is 17.8. The van der Waals surface area contributed by atoms with E-state index in [1.165, 1.54) is 44.8 Å². The fourth-order valence-electron chi connectivity index (χ4n) is 4.45. The third kappa shape index (κ3) is 3.76. The Morgan fingerprint density at radius 1 is 1.19 bits per heavy atom. The second-order valence-electron chi connectivity index (χ2n) is 7.49. The number of nitrogens with one attached hydrogen (secondary N) is 2. The number of ketones is 1. The molecule has 2 aliphatic rings. The number of hydrogen-bond donors (Lipinski definition) is 2. The van der Waals surface area contributed by atoms with Gasteiger partial charge in [0.2, 0.25) is 5.91 Å². The number of allylic oxidation sites excluding steroid dienone is 1. The molecular formula is C21H24N4O2. The predicted molar refractivity (Wildman–Crippen MR) is 104 cm³/mol. The maximum absolute atomic E-state index is 12.0. The lowest BCUT2D eigenvalue weighted by atomic mass is 9.78. The third-order valence-corrected chi connectivity index (χ3v) is 5.69. The average Bonchev–Trinajstić information content (AvgIpc) is 3.10. The Balaban J connectivity index is 1.64. The molecule has 1 aliphatic heterocycles. The molecule has 2 heterocycles. The maximum atomic E-state index is 12.0. The van der Waals surface area contributed by atoms with Gasteiger partial charge in [-0.15, -0.1) is 0 Å². The second kappa shape index (κ2) is 7.56. The van der Waals surface area contributed by atoms with E-state index in [4.69, 9.17) is 0 Å². The third-order valence-electron chi connectivity index (χ3n) is 5.69. The lowest BCUT2D eigenvalue weighted by molar-refractivity contribution is -0.114. The molecule has 2 N–H and O–H groups in total. The van der Waals surface area contributed by atoms with Crippen molar-refractivity contribution in [1.29, 1.82) is 0 Å². The standard InChI is InChI=1S/C21H24N4O2/c1-13(26)6-9-20(27)25-14-7-8-19-16(10-14)21(24-12-23-19)17-11-22-18-5-3-2-4-15(17)18/h6-10,12,15,17-18,22H,2-5,11H2,1H3,(H,25,27). The molecule has 3 unspecified atom stereocenters. The number of rotatable bonds is 4. The highest BCUT2D eigenvalue weighted by atomic mass is 16.1. The lowest BCUT2D eigenvalue weighted by Gasteiger charge is -2.28. The van der Waals surface area contributed by atoms with Gasteiger partial charge in [-0.05, 0) is 50.0 Å². The number of hydrogen-bond acceptors (Lipinski definition) is 5. The van der Waals surface area contributed by atoms with Crippen LogP contribution in [-0.4, -0.2) is 34.2 Å². The molecule has 0 spiro atoms. The number of aromatic nitrogens is 2. The van der Waals surface area contributed by atoms with Gasteiger partial charge in [-0.2, -0.15) is 0 Å². The van der Waals surface area contributed by atoms with Crippen molar-refractivity contribution in [3.8, 4) is 0 Å². The van der Waals surface area contributed by atoms with Crippen LogP contribution in [0.5, 0.6) is 0 Å². The summed E-state index contributed by atoms with van der Waals surface area (Å²) in [6.45, 7) is 2.36. The highest BCUT2D eigenvalue weighted by Gasteiger charge is 2.39. The van der Waals surface area contributed by atoms with Crippen LogP contribution < -0.4 is 10.6 Å². The number of nitrogens with zero attached hydrogens (tertiary/aromatic N) is 2. The zero-order valence-corrected chi connectivity index (χ0v) is 15.4. The summed E-state index contributed by atoms with van der Waals surface area (Å²) in [7, 11) is 0. The molecule has 1 aromatic carbocycles. The summed E-state index contributed by atoms with van der Waals surface area (Å²) in [5.74, 6) is 0.519. The van der Waals surface area contributed by atoms with E-state index in [1.54, 1.807) is 6.33 Å². The summed E-state index contributed by atoms with van der Waals surface area (Å²) in [5.41, 5.74) is 2.64. The zero-order valence-electron chi connectivity index (χ0n) is 15.4. The molecule has 27 heavy (non-hydrogen) atoms. The molecule has 4 rings (SSSR count). The van der Waals surface area contributed by atoms with Gasteiger partial charge in [-0.25, -0.2) is 9.97 Å². The lowest BCUT2D eigenvalue weighted by Crippen LogP contribution is -2.30. The van der Waals surface area contributed by atoms with Crippen LogP contribution >= 0.6 is 0 Å².